The molecule has 11 heteroatoms. The van der Waals surface area contributed by atoms with E-state index in [9.17, 15) is 18.9 Å². The van der Waals surface area contributed by atoms with Gasteiger partial charge in [-0.3, -0.25) is 14.3 Å². The van der Waals surface area contributed by atoms with Gasteiger partial charge >= 0.3 is 8.25 Å². The molecule has 1 aliphatic rings. The van der Waals surface area contributed by atoms with Crippen LogP contribution in [0.15, 0.2) is 41.3 Å². The second-order valence-electron chi connectivity index (χ2n) is 5.90. The van der Waals surface area contributed by atoms with Crippen LogP contribution in [0.1, 0.15) is 11.8 Å². The SMILES string of the molecule is Cc1cn(C2OC(CO[P+](=O)Oc3ccccc3)C(O)C2F)c(=S)[nH]c1=O. The average molecular weight is 415 g/mol. The molecule has 1 saturated heterocycles. The third-order valence-electron chi connectivity index (χ3n) is 3.98. The molecular formula is C16H17FN2O6PS+. The summed E-state index contributed by atoms with van der Waals surface area (Å²) in [4.78, 5) is 14.0. The first-order valence-corrected chi connectivity index (χ1v) is 9.50. The van der Waals surface area contributed by atoms with Crippen molar-refractivity contribution in [3.63, 3.8) is 0 Å². The fourth-order valence-electron chi connectivity index (χ4n) is 2.57. The first-order chi connectivity index (χ1) is 12.9. The molecule has 144 valence electrons. The second-order valence-corrected chi connectivity index (χ2v) is 7.18. The summed E-state index contributed by atoms with van der Waals surface area (Å²) in [6.07, 6.45) is -4.32. The molecular weight excluding hydrogens is 398 g/mol. The molecule has 0 bridgehead atoms. The van der Waals surface area contributed by atoms with Crippen LogP contribution in [0.25, 0.3) is 0 Å². The normalized spacial score (nSPS) is 25.4. The lowest BCUT2D eigenvalue weighted by Gasteiger charge is -2.17. The van der Waals surface area contributed by atoms with Crippen molar-refractivity contribution < 1.29 is 27.8 Å². The second kappa shape index (κ2) is 8.37. The van der Waals surface area contributed by atoms with Crippen LogP contribution >= 0.6 is 20.5 Å². The molecule has 0 amide bonds. The van der Waals surface area contributed by atoms with E-state index < -0.39 is 32.9 Å². The lowest BCUT2D eigenvalue weighted by atomic mass is 10.1. The quantitative estimate of drug-likeness (QED) is 0.552. The maximum absolute atomic E-state index is 14.5. The van der Waals surface area contributed by atoms with Gasteiger partial charge in [-0.05, 0) is 31.3 Å². The molecule has 0 aliphatic carbocycles. The topological polar surface area (TPSA) is 103 Å². The van der Waals surface area contributed by atoms with Crippen molar-refractivity contribution in [3.05, 3.63) is 57.2 Å². The Morgan fingerprint density at radius 1 is 1.41 bits per heavy atom. The van der Waals surface area contributed by atoms with E-state index in [1.807, 2.05) is 0 Å². The molecule has 3 rings (SSSR count). The zero-order chi connectivity index (χ0) is 19.6. The molecule has 0 radical (unpaired) electrons. The summed E-state index contributed by atoms with van der Waals surface area (Å²) in [6.45, 7) is 1.19. The van der Waals surface area contributed by atoms with Gasteiger partial charge in [0, 0.05) is 16.3 Å². The summed E-state index contributed by atoms with van der Waals surface area (Å²) in [5.41, 5.74) is -0.0759. The third kappa shape index (κ3) is 4.48. The van der Waals surface area contributed by atoms with Gasteiger partial charge < -0.3 is 9.84 Å². The minimum Gasteiger partial charge on any atom is -0.387 e. The van der Waals surface area contributed by atoms with Crippen molar-refractivity contribution in [2.75, 3.05) is 6.61 Å². The summed E-state index contributed by atoms with van der Waals surface area (Å²) in [5.74, 6) is 0.350. The molecule has 1 aromatic carbocycles. The Labute approximate surface area is 159 Å². The fraction of sp³-hybridized carbons (Fsp3) is 0.375. The third-order valence-corrected chi connectivity index (χ3v) is 5.01. The van der Waals surface area contributed by atoms with E-state index in [1.54, 1.807) is 30.3 Å². The van der Waals surface area contributed by atoms with Crippen LogP contribution in [0.4, 0.5) is 4.39 Å². The molecule has 0 spiro atoms. The minimum absolute atomic E-state index is 0.0366. The fourth-order valence-corrected chi connectivity index (χ4v) is 3.43. The van der Waals surface area contributed by atoms with Gasteiger partial charge in [0.15, 0.2) is 22.9 Å². The van der Waals surface area contributed by atoms with Crippen LogP contribution in [0.5, 0.6) is 5.75 Å². The van der Waals surface area contributed by atoms with E-state index in [2.05, 4.69) is 4.98 Å². The zero-order valence-electron chi connectivity index (χ0n) is 14.1. The first kappa shape index (κ1) is 19.8. The number of aromatic nitrogens is 2. The number of halogens is 1. The molecule has 1 aromatic heterocycles. The number of aryl methyl sites for hydroxylation is 1. The Morgan fingerprint density at radius 2 is 2.11 bits per heavy atom. The van der Waals surface area contributed by atoms with Gasteiger partial charge in [-0.15, -0.1) is 4.52 Å². The molecule has 2 N–H and O–H groups in total. The van der Waals surface area contributed by atoms with Gasteiger partial charge in [0.1, 0.15) is 18.8 Å². The van der Waals surface area contributed by atoms with E-state index in [4.69, 9.17) is 26.0 Å². The average Bonchev–Trinajstić information content (AvgIpc) is 2.92. The van der Waals surface area contributed by atoms with Crippen molar-refractivity contribution in [3.8, 4) is 5.75 Å². The smallest absolute Gasteiger partial charge is 0.387 e. The van der Waals surface area contributed by atoms with E-state index in [0.717, 1.165) is 0 Å². The highest BCUT2D eigenvalue weighted by atomic mass is 32.1. The molecule has 27 heavy (non-hydrogen) atoms. The number of aliphatic hydroxyl groups is 1. The van der Waals surface area contributed by atoms with Gasteiger partial charge in [-0.1, -0.05) is 18.2 Å². The number of nitrogens with one attached hydrogen (secondary N) is 1. The number of H-pyrrole nitrogens is 1. The van der Waals surface area contributed by atoms with E-state index in [0.29, 0.717) is 11.3 Å². The number of nitrogens with zero attached hydrogens (tertiary/aromatic N) is 1. The predicted molar refractivity (Wildman–Crippen MR) is 96.1 cm³/mol. The molecule has 8 nitrogen and oxygen atoms in total. The molecule has 2 heterocycles. The Bertz CT molecular complexity index is 936. The summed E-state index contributed by atoms with van der Waals surface area (Å²) in [5, 5.41) is 10.1. The summed E-state index contributed by atoms with van der Waals surface area (Å²) < 4.78 is 43.2. The number of aromatic amines is 1. The molecule has 2 aromatic rings. The Kier molecular flexibility index (Phi) is 6.13. The van der Waals surface area contributed by atoms with Gasteiger partial charge in [-0.2, -0.15) is 0 Å². The highest BCUT2D eigenvalue weighted by Crippen LogP contribution is 2.34. The Balaban J connectivity index is 1.65. The van der Waals surface area contributed by atoms with E-state index in [1.165, 1.54) is 17.7 Å². The number of hydrogen-bond acceptors (Lipinski definition) is 7. The van der Waals surface area contributed by atoms with Crippen molar-refractivity contribution >= 4 is 20.5 Å². The standard InChI is InChI=1S/C16H16FN2O6PS/c1-9-7-19(16(27)18-14(9)21)15-12(17)13(20)11(24-15)8-23-26(22)25-10-5-3-2-4-6-10/h2-7,11-13,15,20H,8H2,1H3/p+1. The summed E-state index contributed by atoms with van der Waals surface area (Å²) >= 11 is 5.03. The molecule has 1 fully saturated rings. The lowest BCUT2D eigenvalue weighted by molar-refractivity contribution is -0.0440. The van der Waals surface area contributed by atoms with Crippen LogP contribution in [0.2, 0.25) is 0 Å². The number of alkyl halides is 1. The number of benzene rings is 1. The maximum Gasteiger partial charge on any atom is 0.750 e. The van der Waals surface area contributed by atoms with E-state index >= 15 is 0 Å². The van der Waals surface area contributed by atoms with Gasteiger partial charge in [0.2, 0.25) is 0 Å². The van der Waals surface area contributed by atoms with Crippen molar-refractivity contribution in [1.82, 2.24) is 9.55 Å². The van der Waals surface area contributed by atoms with E-state index in [-0.39, 0.29) is 16.9 Å². The van der Waals surface area contributed by atoms with Crippen molar-refractivity contribution in [2.45, 2.75) is 31.5 Å². The summed E-state index contributed by atoms with van der Waals surface area (Å²) in [6, 6.07) is 8.39. The highest BCUT2D eigenvalue weighted by molar-refractivity contribution is 7.71. The van der Waals surface area contributed by atoms with Crippen LogP contribution < -0.4 is 10.1 Å². The largest absolute Gasteiger partial charge is 0.750 e. The highest BCUT2D eigenvalue weighted by Gasteiger charge is 2.47. The number of para-hydroxylation sites is 1. The molecule has 0 saturated carbocycles. The predicted octanol–water partition coefficient (Wildman–Crippen LogP) is 2.56. The number of hydrogen-bond donors (Lipinski definition) is 2. The number of rotatable bonds is 6. The monoisotopic (exact) mass is 415 g/mol. The molecule has 1 aliphatic heterocycles. The molecule has 5 unspecified atom stereocenters. The lowest BCUT2D eigenvalue weighted by Crippen LogP contribution is -2.31. The maximum atomic E-state index is 14.5. The van der Waals surface area contributed by atoms with Gasteiger partial charge in [0.05, 0.1) is 0 Å². The van der Waals surface area contributed by atoms with Gasteiger partial charge in [-0.25, -0.2) is 8.91 Å². The Hall–Kier alpha value is -1.97. The van der Waals surface area contributed by atoms with Crippen LogP contribution in [0.3, 0.4) is 0 Å². The minimum atomic E-state index is -2.53. The van der Waals surface area contributed by atoms with Crippen LogP contribution in [0, 0.1) is 11.7 Å². The van der Waals surface area contributed by atoms with Crippen molar-refractivity contribution in [1.29, 1.82) is 0 Å². The van der Waals surface area contributed by atoms with Gasteiger partial charge in [0.25, 0.3) is 5.56 Å². The first-order valence-electron chi connectivity index (χ1n) is 7.99. The van der Waals surface area contributed by atoms with Crippen LogP contribution in [-0.2, 0) is 13.8 Å². The number of aliphatic hydroxyl groups excluding tert-OH is 1. The molecule has 5 atom stereocenters. The zero-order valence-corrected chi connectivity index (χ0v) is 15.9. The number of ether oxygens (including phenoxy) is 1. The Morgan fingerprint density at radius 3 is 2.81 bits per heavy atom. The van der Waals surface area contributed by atoms with Crippen LogP contribution in [-0.4, -0.2) is 39.6 Å². The summed E-state index contributed by atoms with van der Waals surface area (Å²) in [7, 11) is -2.53. The van der Waals surface area contributed by atoms with Crippen molar-refractivity contribution in [2.24, 2.45) is 0 Å².